The standard InChI is InChI=1S/C22H28ClF3N6O3S/c1-30-15-19(28-29-30)36(34,35)32-12-10-31(11-13-32)21(4-6-22(25,26)7-5-21)8-9-27-20(33)17-3-2-16(24)14-18(17)23/h2-3,14-15H,4-13H2,1H3,(H,27,33). The van der Waals surface area contributed by atoms with E-state index in [1.54, 1.807) is 7.05 Å². The molecule has 0 unspecified atom stereocenters. The van der Waals surface area contributed by atoms with Crippen LogP contribution in [-0.4, -0.2) is 82.7 Å². The number of hydrogen-bond donors (Lipinski definition) is 1. The first-order valence-electron chi connectivity index (χ1n) is 11.6. The third-order valence-electron chi connectivity index (χ3n) is 7.06. The van der Waals surface area contributed by atoms with Crippen LogP contribution in [0.25, 0.3) is 0 Å². The van der Waals surface area contributed by atoms with Gasteiger partial charge in [0.2, 0.25) is 10.9 Å². The molecule has 0 radical (unpaired) electrons. The fourth-order valence-corrected chi connectivity index (χ4v) is 6.55. The molecule has 2 aliphatic rings. The lowest BCUT2D eigenvalue weighted by Gasteiger charge is -2.50. The van der Waals surface area contributed by atoms with E-state index in [9.17, 15) is 26.4 Å². The summed E-state index contributed by atoms with van der Waals surface area (Å²) in [4.78, 5) is 14.6. The molecule has 2 heterocycles. The van der Waals surface area contributed by atoms with E-state index < -0.39 is 33.2 Å². The van der Waals surface area contributed by atoms with E-state index in [1.165, 1.54) is 21.3 Å². The smallest absolute Gasteiger partial charge is 0.264 e. The van der Waals surface area contributed by atoms with Gasteiger partial charge in [-0.1, -0.05) is 16.8 Å². The van der Waals surface area contributed by atoms with Gasteiger partial charge in [0, 0.05) is 58.2 Å². The number of alkyl halides is 2. The second-order valence-corrected chi connectivity index (χ2v) is 11.6. The highest BCUT2D eigenvalue weighted by Crippen LogP contribution is 2.43. The number of amides is 1. The summed E-state index contributed by atoms with van der Waals surface area (Å²) in [5.74, 6) is -3.78. The highest BCUT2D eigenvalue weighted by atomic mass is 35.5. The van der Waals surface area contributed by atoms with Crippen molar-refractivity contribution in [3.63, 3.8) is 0 Å². The van der Waals surface area contributed by atoms with Gasteiger partial charge in [0.25, 0.3) is 15.9 Å². The van der Waals surface area contributed by atoms with Crippen LogP contribution < -0.4 is 5.32 Å². The Balaban J connectivity index is 1.42. The quantitative estimate of drug-likeness (QED) is 0.571. The molecular formula is C22H28ClF3N6O3S. The minimum absolute atomic E-state index is 0.0139. The zero-order valence-electron chi connectivity index (χ0n) is 19.8. The van der Waals surface area contributed by atoms with Crippen molar-refractivity contribution in [2.24, 2.45) is 7.05 Å². The van der Waals surface area contributed by atoms with Gasteiger partial charge in [-0.25, -0.2) is 21.6 Å². The molecule has 9 nitrogen and oxygen atoms in total. The highest BCUT2D eigenvalue weighted by molar-refractivity contribution is 7.89. The number of halogens is 4. The molecule has 1 amide bonds. The molecular weight excluding hydrogens is 521 g/mol. The Bertz CT molecular complexity index is 1210. The van der Waals surface area contributed by atoms with Gasteiger partial charge >= 0.3 is 0 Å². The number of nitrogens with one attached hydrogen (secondary N) is 1. The van der Waals surface area contributed by atoms with Crippen LogP contribution in [0.1, 0.15) is 42.5 Å². The summed E-state index contributed by atoms with van der Waals surface area (Å²) in [7, 11) is -2.22. The van der Waals surface area contributed by atoms with E-state index in [4.69, 9.17) is 11.6 Å². The molecule has 4 rings (SSSR count). The van der Waals surface area contributed by atoms with Crippen LogP contribution in [-0.2, 0) is 17.1 Å². The molecule has 14 heteroatoms. The van der Waals surface area contributed by atoms with Gasteiger partial charge < -0.3 is 5.32 Å². The van der Waals surface area contributed by atoms with Crippen LogP contribution in [0.3, 0.4) is 0 Å². The van der Waals surface area contributed by atoms with E-state index >= 15 is 0 Å². The molecule has 2 fully saturated rings. The molecule has 198 valence electrons. The maximum absolute atomic E-state index is 14.0. The normalized spacial score (nSPS) is 20.8. The number of benzene rings is 1. The molecule has 1 aromatic carbocycles. The number of sulfonamides is 1. The predicted octanol–water partition coefficient (Wildman–Crippen LogP) is 2.68. The number of rotatable bonds is 7. The van der Waals surface area contributed by atoms with Crippen molar-refractivity contribution in [2.45, 2.75) is 48.6 Å². The molecule has 1 aliphatic carbocycles. The van der Waals surface area contributed by atoms with Gasteiger partial charge in [0.1, 0.15) is 5.82 Å². The predicted molar refractivity (Wildman–Crippen MR) is 126 cm³/mol. The van der Waals surface area contributed by atoms with Gasteiger partial charge in [0.15, 0.2) is 0 Å². The summed E-state index contributed by atoms with van der Waals surface area (Å²) in [6.07, 6.45) is 1.65. The lowest BCUT2D eigenvalue weighted by Crippen LogP contribution is -2.60. The number of nitrogens with zero attached hydrogens (tertiary/aromatic N) is 5. The maximum atomic E-state index is 14.0. The number of carbonyl (C=O) groups excluding carboxylic acids is 1. The van der Waals surface area contributed by atoms with Crippen molar-refractivity contribution in [2.75, 3.05) is 32.7 Å². The second kappa shape index (κ2) is 10.3. The molecule has 36 heavy (non-hydrogen) atoms. The summed E-state index contributed by atoms with van der Waals surface area (Å²) in [6, 6.07) is 3.48. The SMILES string of the molecule is Cn1cc(S(=O)(=O)N2CCN(C3(CCNC(=O)c4ccc(F)cc4Cl)CCC(F)(F)CC3)CC2)nn1. The van der Waals surface area contributed by atoms with Crippen LogP contribution in [0, 0.1) is 5.82 Å². The van der Waals surface area contributed by atoms with E-state index in [0.717, 1.165) is 12.1 Å². The highest BCUT2D eigenvalue weighted by Gasteiger charge is 2.47. The molecule has 1 N–H and O–H groups in total. The Labute approximate surface area is 212 Å². The number of hydrogen-bond acceptors (Lipinski definition) is 6. The molecule has 0 spiro atoms. The third-order valence-corrected chi connectivity index (χ3v) is 9.13. The minimum atomic E-state index is -3.80. The maximum Gasteiger partial charge on any atom is 0.264 e. The van der Waals surface area contributed by atoms with Crippen LogP contribution in [0.5, 0.6) is 0 Å². The van der Waals surface area contributed by atoms with Crippen molar-refractivity contribution in [3.05, 3.63) is 40.8 Å². The largest absolute Gasteiger partial charge is 0.352 e. The van der Waals surface area contributed by atoms with Gasteiger partial charge in [-0.05, 0) is 37.5 Å². The molecule has 1 saturated heterocycles. The number of piperazine rings is 1. The summed E-state index contributed by atoms with van der Waals surface area (Å²) in [6.45, 7) is 1.31. The average Bonchev–Trinajstić information content (AvgIpc) is 3.27. The lowest BCUT2D eigenvalue weighted by atomic mass is 9.76. The second-order valence-electron chi connectivity index (χ2n) is 9.33. The molecule has 1 saturated carbocycles. The number of aromatic nitrogens is 3. The number of carbonyl (C=O) groups is 1. The monoisotopic (exact) mass is 548 g/mol. The Morgan fingerprint density at radius 3 is 2.39 bits per heavy atom. The van der Waals surface area contributed by atoms with Crippen molar-refractivity contribution in [1.82, 2.24) is 29.5 Å². The minimum Gasteiger partial charge on any atom is -0.352 e. The van der Waals surface area contributed by atoms with Crippen LogP contribution in [0.2, 0.25) is 5.02 Å². The molecule has 1 aromatic heterocycles. The van der Waals surface area contributed by atoms with E-state index in [2.05, 4.69) is 20.5 Å². The van der Waals surface area contributed by atoms with Gasteiger partial charge in [-0.2, -0.15) is 4.31 Å². The van der Waals surface area contributed by atoms with Gasteiger partial charge in [-0.3, -0.25) is 14.4 Å². The summed E-state index contributed by atoms with van der Waals surface area (Å²) < 4.78 is 69.8. The topological polar surface area (TPSA) is 100 Å². The van der Waals surface area contributed by atoms with Crippen molar-refractivity contribution >= 4 is 27.5 Å². The first-order chi connectivity index (χ1) is 16.9. The summed E-state index contributed by atoms with van der Waals surface area (Å²) in [5, 5.41) is 10.0. The fraction of sp³-hybridized carbons (Fsp3) is 0.591. The first kappa shape index (κ1) is 26.8. The van der Waals surface area contributed by atoms with Crippen molar-refractivity contribution in [3.8, 4) is 0 Å². The Hall–Kier alpha value is -2.22. The van der Waals surface area contributed by atoms with Gasteiger partial charge in [0.05, 0.1) is 16.8 Å². The molecule has 2 aromatic rings. The average molecular weight is 549 g/mol. The third kappa shape index (κ3) is 5.68. The van der Waals surface area contributed by atoms with Crippen molar-refractivity contribution in [1.29, 1.82) is 0 Å². The summed E-state index contributed by atoms with van der Waals surface area (Å²) in [5.41, 5.74) is -0.477. The van der Waals surface area contributed by atoms with Crippen molar-refractivity contribution < 1.29 is 26.4 Å². The lowest BCUT2D eigenvalue weighted by molar-refractivity contribution is -0.0889. The zero-order valence-corrected chi connectivity index (χ0v) is 21.3. The van der Waals surface area contributed by atoms with Crippen LogP contribution >= 0.6 is 11.6 Å². The van der Waals surface area contributed by atoms with Crippen LogP contribution in [0.4, 0.5) is 13.2 Å². The van der Waals surface area contributed by atoms with Gasteiger partial charge in [-0.15, -0.1) is 5.10 Å². The number of aryl methyl sites for hydroxylation is 1. The Morgan fingerprint density at radius 2 is 1.81 bits per heavy atom. The van der Waals surface area contributed by atoms with E-state index in [1.807, 2.05) is 0 Å². The van der Waals surface area contributed by atoms with Crippen LogP contribution in [0.15, 0.2) is 29.4 Å². The molecule has 1 aliphatic heterocycles. The first-order valence-corrected chi connectivity index (χ1v) is 13.5. The molecule has 0 bridgehead atoms. The Kier molecular flexibility index (Phi) is 7.65. The fourth-order valence-electron chi connectivity index (χ4n) is 4.96. The molecule has 0 atom stereocenters. The van der Waals surface area contributed by atoms with E-state index in [0.29, 0.717) is 19.5 Å². The summed E-state index contributed by atoms with van der Waals surface area (Å²) >= 11 is 5.97. The van der Waals surface area contributed by atoms with E-state index in [-0.39, 0.29) is 60.9 Å². The zero-order chi connectivity index (χ0) is 26.1. The Morgan fingerprint density at radius 1 is 1.14 bits per heavy atom.